The van der Waals surface area contributed by atoms with Gasteiger partial charge in [0.2, 0.25) is 0 Å². The zero-order valence-corrected chi connectivity index (χ0v) is 15.5. The van der Waals surface area contributed by atoms with Gasteiger partial charge in [-0.15, -0.1) is 10.2 Å². The van der Waals surface area contributed by atoms with Crippen LogP contribution in [-0.2, 0) is 17.6 Å². The number of halogens is 4. The zero-order valence-electron chi connectivity index (χ0n) is 13.9. The number of benzene rings is 1. The van der Waals surface area contributed by atoms with Crippen molar-refractivity contribution in [2.24, 2.45) is 5.92 Å². The van der Waals surface area contributed by atoms with Crippen LogP contribution in [-0.4, -0.2) is 26.7 Å². The fraction of sp³-hybridized carbons (Fsp3) is 0.500. The summed E-state index contributed by atoms with van der Waals surface area (Å²) in [5.74, 6) is 0.0142. The molecule has 4 rings (SSSR count). The molecule has 1 aromatic carbocycles. The summed E-state index contributed by atoms with van der Waals surface area (Å²) < 4.78 is 41.6. The lowest BCUT2D eigenvalue weighted by molar-refractivity contribution is -0.182. The van der Waals surface area contributed by atoms with Gasteiger partial charge in [0.1, 0.15) is 17.4 Å². The average Bonchev–Trinajstić information content (AvgIpc) is 2.91. The Morgan fingerprint density at radius 1 is 1.08 bits per heavy atom. The van der Waals surface area contributed by atoms with E-state index in [9.17, 15) is 18.0 Å². The SMILES string of the molecule is O=C1Cc2cc(Br)ccc2-n2c(nnc2[C@H]2CC[C@H](C(F)(F)F)CC2)C1. The van der Waals surface area contributed by atoms with E-state index < -0.39 is 12.1 Å². The maximum Gasteiger partial charge on any atom is 0.391 e. The minimum absolute atomic E-state index is 0.0582. The van der Waals surface area contributed by atoms with Crippen LogP contribution < -0.4 is 0 Å². The van der Waals surface area contributed by atoms with E-state index in [4.69, 9.17) is 0 Å². The highest BCUT2D eigenvalue weighted by molar-refractivity contribution is 9.10. The van der Waals surface area contributed by atoms with Gasteiger partial charge in [-0.2, -0.15) is 13.2 Å². The normalized spacial score (nSPS) is 23.3. The first kappa shape index (κ1) is 17.7. The van der Waals surface area contributed by atoms with Gasteiger partial charge in [-0.25, -0.2) is 0 Å². The molecule has 0 amide bonds. The summed E-state index contributed by atoms with van der Waals surface area (Å²) in [6.07, 6.45) is -2.52. The Labute approximate surface area is 156 Å². The molecule has 0 radical (unpaired) electrons. The second kappa shape index (κ2) is 6.48. The molecule has 0 unspecified atom stereocenters. The number of aromatic nitrogens is 3. The minimum atomic E-state index is -4.13. The van der Waals surface area contributed by atoms with E-state index in [-0.39, 0.29) is 31.0 Å². The van der Waals surface area contributed by atoms with Crippen molar-refractivity contribution in [1.82, 2.24) is 14.8 Å². The highest BCUT2D eigenvalue weighted by Gasteiger charge is 2.42. The zero-order chi connectivity index (χ0) is 18.5. The van der Waals surface area contributed by atoms with Gasteiger partial charge in [-0.05, 0) is 49.4 Å². The Kier molecular flexibility index (Phi) is 4.41. The van der Waals surface area contributed by atoms with Crippen LogP contribution in [0.25, 0.3) is 5.69 Å². The smallest absolute Gasteiger partial charge is 0.299 e. The largest absolute Gasteiger partial charge is 0.391 e. The summed E-state index contributed by atoms with van der Waals surface area (Å²) in [6, 6.07) is 5.71. The Morgan fingerprint density at radius 2 is 1.81 bits per heavy atom. The molecule has 0 N–H and O–H groups in total. The van der Waals surface area contributed by atoms with E-state index in [1.807, 2.05) is 22.8 Å². The van der Waals surface area contributed by atoms with Gasteiger partial charge >= 0.3 is 6.18 Å². The van der Waals surface area contributed by atoms with Crippen molar-refractivity contribution in [3.05, 3.63) is 39.9 Å². The Morgan fingerprint density at radius 3 is 2.50 bits per heavy atom. The quantitative estimate of drug-likeness (QED) is 0.671. The van der Waals surface area contributed by atoms with E-state index in [1.165, 1.54) is 0 Å². The maximum absolute atomic E-state index is 12.9. The van der Waals surface area contributed by atoms with Gasteiger partial charge in [0.25, 0.3) is 0 Å². The third kappa shape index (κ3) is 3.19. The molecule has 0 bridgehead atoms. The summed E-state index contributed by atoms with van der Waals surface area (Å²) in [4.78, 5) is 12.2. The monoisotopic (exact) mass is 427 g/mol. The minimum Gasteiger partial charge on any atom is -0.299 e. The molecule has 4 nitrogen and oxygen atoms in total. The van der Waals surface area contributed by atoms with Gasteiger partial charge in [0.05, 0.1) is 18.0 Å². The molecular formula is C18H17BrF3N3O. The van der Waals surface area contributed by atoms with Crippen molar-refractivity contribution in [1.29, 1.82) is 0 Å². The second-order valence-corrected chi connectivity index (χ2v) is 7.98. The molecule has 8 heteroatoms. The predicted molar refractivity (Wildman–Crippen MR) is 92.2 cm³/mol. The first-order valence-electron chi connectivity index (χ1n) is 8.64. The standard InChI is InChI=1S/C18H17BrF3N3O/c19-13-5-6-15-11(7-13)8-14(26)9-16-23-24-17(25(15)16)10-1-3-12(4-2-10)18(20,21)22/h5-7,10,12H,1-4,8-9H2/t10-,12-. The molecule has 0 atom stereocenters. The maximum atomic E-state index is 12.9. The van der Waals surface area contributed by atoms with Crippen molar-refractivity contribution in [3.63, 3.8) is 0 Å². The van der Waals surface area contributed by atoms with Crippen LogP contribution in [0, 0.1) is 5.92 Å². The molecule has 138 valence electrons. The Balaban J connectivity index is 1.70. The first-order chi connectivity index (χ1) is 12.3. The van der Waals surface area contributed by atoms with Crippen molar-refractivity contribution in [2.75, 3.05) is 0 Å². The van der Waals surface area contributed by atoms with Crippen LogP contribution in [0.1, 0.15) is 48.8 Å². The van der Waals surface area contributed by atoms with Crippen LogP contribution >= 0.6 is 15.9 Å². The van der Waals surface area contributed by atoms with Crippen molar-refractivity contribution < 1.29 is 18.0 Å². The number of ketones is 1. The molecule has 1 aliphatic heterocycles. The van der Waals surface area contributed by atoms with E-state index in [0.717, 1.165) is 15.7 Å². The number of fused-ring (bicyclic) bond motifs is 3. The summed E-state index contributed by atoms with van der Waals surface area (Å²) in [5.41, 5.74) is 1.74. The highest BCUT2D eigenvalue weighted by Crippen LogP contribution is 2.43. The van der Waals surface area contributed by atoms with Gasteiger partial charge in [0, 0.05) is 16.8 Å². The lowest BCUT2D eigenvalue weighted by atomic mass is 9.81. The van der Waals surface area contributed by atoms with E-state index in [1.54, 1.807) is 0 Å². The molecular weight excluding hydrogens is 411 g/mol. The molecule has 26 heavy (non-hydrogen) atoms. The molecule has 2 aliphatic rings. The highest BCUT2D eigenvalue weighted by atomic mass is 79.9. The number of hydrogen-bond donors (Lipinski definition) is 0. The number of rotatable bonds is 1. The van der Waals surface area contributed by atoms with E-state index in [2.05, 4.69) is 26.1 Å². The summed E-state index contributed by atoms with van der Waals surface area (Å²) in [6.45, 7) is 0. The number of hydrogen-bond acceptors (Lipinski definition) is 3. The summed E-state index contributed by atoms with van der Waals surface area (Å²) >= 11 is 3.43. The summed E-state index contributed by atoms with van der Waals surface area (Å²) in [5, 5.41) is 8.46. The van der Waals surface area contributed by atoms with Crippen molar-refractivity contribution >= 4 is 21.7 Å². The van der Waals surface area contributed by atoms with E-state index >= 15 is 0 Å². The molecule has 1 fully saturated rings. The molecule has 0 spiro atoms. The van der Waals surface area contributed by atoms with Gasteiger partial charge in [-0.3, -0.25) is 9.36 Å². The molecule has 2 aromatic rings. The number of nitrogens with zero attached hydrogens (tertiary/aromatic N) is 3. The first-order valence-corrected chi connectivity index (χ1v) is 9.43. The third-order valence-electron chi connectivity index (χ3n) is 5.34. The van der Waals surface area contributed by atoms with Crippen LogP contribution in [0.5, 0.6) is 0 Å². The fourth-order valence-corrected chi connectivity index (χ4v) is 4.42. The van der Waals surface area contributed by atoms with Crippen LogP contribution in [0.3, 0.4) is 0 Å². The lowest BCUT2D eigenvalue weighted by Crippen LogP contribution is -2.28. The van der Waals surface area contributed by atoms with Crippen LogP contribution in [0.2, 0.25) is 0 Å². The van der Waals surface area contributed by atoms with Gasteiger partial charge in [0.15, 0.2) is 0 Å². The van der Waals surface area contributed by atoms with Crippen LogP contribution in [0.15, 0.2) is 22.7 Å². The van der Waals surface area contributed by atoms with Crippen molar-refractivity contribution in [3.8, 4) is 5.69 Å². The molecule has 2 heterocycles. The second-order valence-electron chi connectivity index (χ2n) is 7.07. The predicted octanol–water partition coefficient (Wildman–Crippen LogP) is 4.53. The topological polar surface area (TPSA) is 47.8 Å². The number of carbonyl (C=O) groups excluding carboxylic acids is 1. The Bertz CT molecular complexity index is 854. The Hall–Kier alpha value is -1.70. The fourth-order valence-electron chi connectivity index (χ4n) is 4.02. The molecule has 0 saturated heterocycles. The number of Topliss-reactive ketones (excluding diaryl/α,β-unsaturated/α-hetero) is 1. The molecule has 1 aromatic heterocycles. The van der Waals surface area contributed by atoms with E-state index in [0.29, 0.717) is 30.9 Å². The molecule has 1 saturated carbocycles. The average molecular weight is 428 g/mol. The van der Waals surface area contributed by atoms with Crippen molar-refractivity contribution in [2.45, 2.75) is 50.6 Å². The third-order valence-corrected chi connectivity index (χ3v) is 5.83. The van der Waals surface area contributed by atoms with Crippen LogP contribution in [0.4, 0.5) is 13.2 Å². The van der Waals surface area contributed by atoms with Gasteiger partial charge in [-0.1, -0.05) is 15.9 Å². The number of alkyl halides is 3. The lowest BCUT2D eigenvalue weighted by Gasteiger charge is -2.29. The number of carbonyl (C=O) groups is 1. The van der Waals surface area contributed by atoms with Gasteiger partial charge < -0.3 is 0 Å². The molecule has 1 aliphatic carbocycles. The summed E-state index contributed by atoms with van der Waals surface area (Å²) in [7, 11) is 0.